The van der Waals surface area contributed by atoms with Gasteiger partial charge in [-0.25, -0.2) is 9.18 Å². The Morgan fingerprint density at radius 2 is 1.93 bits per heavy atom. The number of amides is 2. The molecule has 0 aromatic heterocycles. The summed E-state index contributed by atoms with van der Waals surface area (Å²) in [6, 6.07) is 13.4. The molecule has 0 bridgehead atoms. The molecule has 0 saturated carbocycles. The highest BCUT2D eigenvalue weighted by Gasteiger charge is 2.28. The Morgan fingerprint density at radius 3 is 2.59 bits per heavy atom. The molecule has 0 radical (unpaired) electrons. The standard InChI is InChI=1S/C22H25ClFN3O2/c1-22(2,3)25-21(28)27(13-16-6-4-5-7-19(16)23)14-18-12-20(26-29-18)15-8-10-17(24)11-9-15/h4-11,18H,12-14H2,1-3H3,(H,25,28)/t18-/m0/s1. The van der Waals surface area contributed by atoms with Crippen molar-refractivity contribution in [3.05, 3.63) is 70.5 Å². The van der Waals surface area contributed by atoms with Crippen LogP contribution >= 0.6 is 11.6 Å². The number of hydrogen-bond acceptors (Lipinski definition) is 3. The topological polar surface area (TPSA) is 53.9 Å². The van der Waals surface area contributed by atoms with Gasteiger partial charge in [0.15, 0.2) is 6.10 Å². The third-order valence-electron chi connectivity index (χ3n) is 4.42. The lowest BCUT2D eigenvalue weighted by atomic mass is 10.0. The van der Waals surface area contributed by atoms with Gasteiger partial charge in [0.05, 0.1) is 12.3 Å². The zero-order valence-electron chi connectivity index (χ0n) is 16.8. The monoisotopic (exact) mass is 417 g/mol. The number of hydrogen-bond donors (Lipinski definition) is 1. The van der Waals surface area contributed by atoms with Gasteiger partial charge in [0, 0.05) is 23.5 Å². The van der Waals surface area contributed by atoms with E-state index in [0.717, 1.165) is 16.8 Å². The SMILES string of the molecule is CC(C)(C)NC(=O)N(Cc1ccccc1Cl)C[C@@H]1CC(c2ccc(F)cc2)=NO1. The predicted octanol–water partition coefficient (Wildman–Crippen LogP) is 4.98. The molecule has 0 unspecified atom stereocenters. The van der Waals surface area contributed by atoms with Crippen LogP contribution in [0.2, 0.25) is 5.02 Å². The van der Waals surface area contributed by atoms with Crippen molar-refractivity contribution in [1.82, 2.24) is 10.2 Å². The van der Waals surface area contributed by atoms with Crippen LogP contribution in [0.4, 0.5) is 9.18 Å². The predicted molar refractivity (Wildman–Crippen MR) is 113 cm³/mol. The van der Waals surface area contributed by atoms with Gasteiger partial charge in [-0.2, -0.15) is 0 Å². The van der Waals surface area contributed by atoms with E-state index in [2.05, 4.69) is 10.5 Å². The van der Waals surface area contributed by atoms with Gasteiger partial charge in [0.1, 0.15) is 5.82 Å². The van der Waals surface area contributed by atoms with E-state index in [4.69, 9.17) is 16.4 Å². The Morgan fingerprint density at radius 1 is 1.24 bits per heavy atom. The summed E-state index contributed by atoms with van der Waals surface area (Å²) in [5.41, 5.74) is 2.03. The van der Waals surface area contributed by atoms with Gasteiger partial charge in [-0.1, -0.05) is 47.1 Å². The quantitative estimate of drug-likeness (QED) is 0.745. The molecule has 0 spiro atoms. The number of urea groups is 1. The fourth-order valence-corrected chi connectivity index (χ4v) is 3.23. The molecule has 1 heterocycles. The lowest BCUT2D eigenvalue weighted by Crippen LogP contribution is -2.50. The second kappa shape index (κ2) is 8.82. The number of oxime groups is 1. The van der Waals surface area contributed by atoms with E-state index in [-0.39, 0.29) is 23.5 Å². The molecule has 0 aliphatic carbocycles. The maximum absolute atomic E-state index is 13.2. The highest BCUT2D eigenvalue weighted by molar-refractivity contribution is 6.31. The number of halogens is 2. The van der Waals surface area contributed by atoms with Crippen molar-refractivity contribution in [2.24, 2.45) is 5.16 Å². The first kappa shape index (κ1) is 21.1. The molecule has 2 aromatic rings. The Labute approximate surface area is 175 Å². The summed E-state index contributed by atoms with van der Waals surface area (Å²) in [4.78, 5) is 20.1. The minimum atomic E-state index is -0.373. The molecular weight excluding hydrogens is 393 g/mol. The summed E-state index contributed by atoms with van der Waals surface area (Å²) in [5, 5.41) is 7.74. The summed E-state index contributed by atoms with van der Waals surface area (Å²) in [5.74, 6) is -0.297. The average molecular weight is 418 g/mol. The minimum absolute atomic E-state index is 0.198. The van der Waals surface area contributed by atoms with Crippen LogP contribution in [0.1, 0.15) is 38.3 Å². The van der Waals surface area contributed by atoms with Crippen molar-refractivity contribution < 1.29 is 14.0 Å². The normalized spacial score (nSPS) is 16.2. The third kappa shape index (κ3) is 5.94. The molecule has 1 N–H and O–H groups in total. The van der Waals surface area contributed by atoms with Crippen LogP contribution < -0.4 is 5.32 Å². The number of benzene rings is 2. The summed E-state index contributed by atoms with van der Waals surface area (Å²) in [7, 11) is 0. The van der Waals surface area contributed by atoms with Gasteiger partial charge in [0.2, 0.25) is 0 Å². The number of nitrogens with one attached hydrogen (secondary N) is 1. The lowest BCUT2D eigenvalue weighted by molar-refractivity contribution is 0.0580. The van der Waals surface area contributed by atoms with Crippen molar-refractivity contribution >= 4 is 23.3 Å². The maximum atomic E-state index is 13.2. The van der Waals surface area contributed by atoms with Crippen LogP contribution in [0.25, 0.3) is 0 Å². The molecule has 7 heteroatoms. The molecule has 29 heavy (non-hydrogen) atoms. The molecule has 2 amide bonds. The summed E-state index contributed by atoms with van der Waals surface area (Å²) < 4.78 is 13.2. The molecule has 1 aliphatic heterocycles. The van der Waals surface area contributed by atoms with Gasteiger partial charge < -0.3 is 15.1 Å². The zero-order valence-corrected chi connectivity index (χ0v) is 17.5. The lowest BCUT2D eigenvalue weighted by Gasteiger charge is -2.30. The Hall–Kier alpha value is -2.60. The summed E-state index contributed by atoms with van der Waals surface area (Å²) >= 11 is 6.30. The Kier molecular flexibility index (Phi) is 6.42. The fourth-order valence-electron chi connectivity index (χ4n) is 3.04. The van der Waals surface area contributed by atoms with Crippen molar-refractivity contribution in [2.75, 3.05) is 6.54 Å². The van der Waals surface area contributed by atoms with Crippen LogP contribution in [0, 0.1) is 5.82 Å². The van der Waals surface area contributed by atoms with Crippen LogP contribution in [0.15, 0.2) is 53.7 Å². The molecular formula is C22H25ClFN3O2. The van der Waals surface area contributed by atoms with Crippen LogP contribution in [-0.2, 0) is 11.4 Å². The largest absolute Gasteiger partial charge is 0.390 e. The highest BCUT2D eigenvalue weighted by atomic mass is 35.5. The van der Waals surface area contributed by atoms with Gasteiger partial charge in [0.25, 0.3) is 0 Å². The van der Waals surface area contributed by atoms with Gasteiger partial charge in [-0.05, 0) is 50.1 Å². The van der Waals surface area contributed by atoms with E-state index in [9.17, 15) is 9.18 Å². The second-order valence-electron chi connectivity index (χ2n) is 8.13. The molecule has 154 valence electrons. The first-order chi connectivity index (χ1) is 13.7. The van der Waals surface area contributed by atoms with Gasteiger partial charge in [-0.3, -0.25) is 0 Å². The Balaban J connectivity index is 1.71. The third-order valence-corrected chi connectivity index (χ3v) is 4.79. The first-order valence-corrected chi connectivity index (χ1v) is 9.88. The molecule has 0 saturated heterocycles. The molecule has 3 rings (SSSR count). The van der Waals surface area contributed by atoms with E-state index in [1.54, 1.807) is 23.1 Å². The van der Waals surface area contributed by atoms with E-state index in [0.29, 0.717) is 24.5 Å². The fraction of sp³-hybridized carbons (Fsp3) is 0.364. The Bertz CT molecular complexity index is 894. The van der Waals surface area contributed by atoms with Crippen molar-refractivity contribution in [3.8, 4) is 0 Å². The molecule has 1 atom stereocenters. The summed E-state index contributed by atoms with van der Waals surface area (Å²) in [6.07, 6.45) is 0.247. The van der Waals surface area contributed by atoms with E-state index in [1.165, 1.54) is 12.1 Å². The number of carbonyl (C=O) groups is 1. The first-order valence-electron chi connectivity index (χ1n) is 9.50. The number of rotatable bonds is 5. The van der Waals surface area contributed by atoms with Crippen molar-refractivity contribution in [2.45, 2.75) is 45.4 Å². The van der Waals surface area contributed by atoms with Crippen LogP contribution in [-0.4, -0.2) is 34.8 Å². The van der Waals surface area contributed by atoms with Crippen molar-refractivity contribution in [3.63, 3.8) is 0 Å². The molecule has 5 nitrogen and oxygen atoms in total. The smallest absolute Gasteiger partial charge is 0.318 e. The molecule has 1 aliphatic rings. The van der Waals surface area contributed by atoms with E-state index in [1.807, 2.05) is 39.0 Å². The van der Waals surface area contributed by atoms with Crippen LogP contribution in [0.3, 0.4) is 0 Å². The molecule has 0 fully saturated rings. The van der Waals surface area contributed by atoms with E-state index < -0.39 is 0 Å². The number of nitrogens with zero attached hydrogens (tertiary/aromatic N) is 2. The second-order valence-corrected chi connectivity index (χ2v) is 8.54. The number of carbonyl (C=O) groups excluding carboxylic acids is 1. The minimum Gasteiger partial charge on any atom is -0.390 e. The maximum Gasteiger partial charge on any atom is 0.318 e. The van der Waals surface area contributed by atoms with Crippen LogP contribution in [0.5, 0.6) is 0 Å². The molecule has 2 aromatic carbocycles. The zero-order chi connectivity index (χ0) is 21.0. The average Bonchev–Trinajstić information content (AvgIpc) is 3.10. The van der Waals surface area contributed by atoms with Gasteiger partial charge >= 0.3 is 6.03 Å². The van der Waals surface area contributed by atoms with E-state index >= 15 is 0 Å². The highest BCUT2D eigenvalue weighted by Crippen LogP contribution is 2.21. The van der Waals surface area contributed by atoms with Gasteiger partial charge in [-0.15, -0.1) is 0 Å². The van der Waals surface area contributed by atoms with Crippen molar-refractivity contribution in [1.29, 1.82) is 0 Å². The summed E-state index contributed by atoms with van der Waals surface area (Å²) in [6.45, 7) is 6.50.